The van der Waals surface area contributed by atoms with Gasteiger partial charge in [-0.25, -0.2) is 0 Å². The van der Waals surface area contributed by atoms with Gasteiger partial charge in [0.2, 0.25) is 0 Å². The zero-order valence-electron chi connectivity index (χ0n) is 11.3. The molecule has 0 atom stereocenters. The second-order valence-electron chi connectivity index (χ2n) is 4.86. The Hall–Kier alpha value is -0.860. The number of hydrogen-bond acceptors (Lipinski definition) is 2. The highest BCUT2D eigenvalue weighted by Gasteiger charge is 2.01. The molecule has 96 valence electrons. The van der Waals surface area contributed by atoms with Crippen LogP contribution in [0, 0.1) is 5.92 Å². The van der Waals surface area contributed by atoms with Gasteiger partial charge in [-0.3, -0.25) is 0 Å². The Morgan fingerprint density at radius 2 is 1.88 bits per heavy atom. The second-order valence-corrected chi connectivity index (χ2v) is 4.86. The minimum absolute atomic E-state index is 0.717. The van der Waals surface area contributed by atoms with Crippen LogP contribution in [0.15, 0.2) is 24.3 Å². The fourth-order valence-corrected chi connectivity index (χ4v) is 1.70. The lowest BCUT2D eigenvalue weighted by atomic mass is 10.1. The van der Waals surface area contributed by atoms with E-state index in [9.17, 15) is 0 Å². The van der Waals surface area contributed by atoms with Crippen molar-refractivity contribution in [2.45, 2.75) is 33.3 Å². The van der Waals surface area contributed by atoms with E-state index in [2.05, 4.69) is 43.4 Å². The summed E-state index contributed by atoms with van der Waals surface area (Å²) in [5, 5.41) is 3.18. The van der Waals surface area contributed by atoms with Gasteiger partial charge in [0.25, 0.3) is 0 Å². The highest BCUT2D eigenvalue weighted by atomic mass is 16.5. The molecule has 0 saturated heterocycles. The molecule has 1 aromatic rings. The van der Waals surface area contributed by atoms with Gasteiger partial charge in [-0.05, 0) is 43.5 Å². The fraction of sp³-hybridized carbons (Fsp3) is 0.600. The summed E-state index contributed by atoms with van der Waals surface area (Å²) >= 11 is 0. The molecule has 0 radical (unpaired) electrons. The van der Waals surface area contributed by atoms with Crippen molar-refractivity contribution in [2.24, 2.45) is 5.92 Å². The molecule has 0 spiro atoms. The van der Waals surface area contributed by atoms with E-state index in [0.717, 1.165) is 38.5 Å². The molecular formula is C15H25NO. The van der Waals surface area contributed by atoms with Crippen LogP contribution in [0.5, 0.6) is 0 Å². The van der Waals surface area contributed by atoms with Crippen LogP contribution in [-0.4, -0.2) is 20.2 Å². The summed E-state index contributed by atoms with van der Waals surface area (Å²) in [5.41, 5.74) is 2.72. The SMILES string of the molecule is CNCCc1ccccc1COCCC(C)C. The van der Waals surface area contributed by atoms with Crippen molar-refractivity contribution in [1.29, 1.82) is 0 Å². The van der Waals surface area contributed by atoms with Crippen molar-refractivity contribution >= 4 is 0 Å². The van der Waals surface area contributed by atoms with Crippen molar-refractivity contribution in [2.75, 3.05) is 20.2 Å². The second kappa shape index (κ2) is 8.26. The van der Waals surface area contributed by atoms with E-state index in [1.165, 1.54) is 11.1 Å². The van der Waals surface area contributed by atoms with Crippen LogP contribution < -0.4 is 5.32 Å². The van der Waals surface area contributed by atoms with E-state index in [1.807, 2.05) is 7.05 Å². The molecule has 0 aliphatic heterocycles. The average molecular weight is 235 g/mol. The first-order chi connectivity index (χ1) is 8.24. The van der Waals surface area contributed by atoms with Crippen LogP contribution in [0.4, 0.5) is 0 Å². The van der Waals surface area contributed by atoms with Gasteiger partial charge in [0, 0.05) is 6.61 Å². The summed E-state index contributed by atoms with van der Waals surface area (Å²) in [6.07, 6.45) is 2.21. The number of benzene rings is 1. The first kappa shape index (κ1) is 14.2. The normalized spacial score (nSPS) is 11.1. The summed E-state index contributed by atoms with van der Waals surface area (Å²) in [6, 6.07) is 8.55. The molecule has 0 amide bonds. The van der Waals surface area contributed by atoms with Crippen molar-refractivity contribution in [1.82, 2.24) is 5.32 Å². The Bertz CT molecular complexity index is 310. The van der Waals surface area contributed by atoms with Gasteiger partial charge >= 0.3 is 0 Å². The monoisotopic (exact) mass is 235 g/mol. The van der Waals surface area contributed by atoms with Crippen molar-refractivity contribution in [3.05, 3.63) is 35.4 Å². The summed E-state index contributed by atoms with van der Waals surface area (Å²) in [4.78, 5) is 0. The molecule has 0 fully saturated rings. The van der Waals surface area contributed by atoms with Crippen LogP contribution in [0.25, 0.3) is 0 Å². The molecule has 17 heavy (non-hydrogen) atoms. The number of likely N-dealkylation sites (N-methyl/N-ethyl adjacent to an activating group) is 1. The molecule has 2 nitrogen and oxygen atoms in total. The zero-order valence-corrected chi connectivity index (χ0v) is 11.3. The molecule has 0 aliphatic carbocycles. The highest BCUT2D eigenvalue weighted by molar-refractivity contribution is 5.26. The maximum atomic E-state index is 5.73. The predicted octanol–water partition coefficient (Wildman–Crippen LogP) is 3.01. The smallest absolute Gasteiger partial charge is 0.0719 e. The fourth-order valence-electron chi connectivity index (χ4n) is 1.70. The Morgan fingerprint density at radius 3 is 2.53 bits per heavy atom. The molecule has 0 saturated carbocycles. The number of hydrogen-bond donors (Lipinski definition) is 1. The van der Waals surface area contributed by atoms with E-state index in [0.29, 0.717) is 0 Å². The zero-order chi connectivity index (χ0) is 12.5. The van der Waals surface area contributed by atoms with Crippen molar-refractivity contribution < 1.29 is 4.74 Å². The Balaban J connectivity index is 2.40. The molecule has 1 aromatic carbocycles. The van der Waals surface area contributed by atoms with Gasteiger partial charge in [-0.1, -0.05) is 38.1 Å². The first-order valence-corrected chi connectivity index (χ1v) is 6.53. The average Bonchev–Trinajstić information content (AvgIpc) is 2.33. The molecule has 0 aliphatic rings. The highest BCUT2D eigenvalue weighted by Crippen LogP contribution is 2.11. The van der Waals surface area contributed by atoms with Gasteiger partial charge in [0.05, 0.1) is 6.61 Å². The molecule has 1 rings (SSSR count). The first-order valence-electron chi connectivity index (χ1n) is 6.53. The summed E-state index contributed by atoms with van der Waals surface area (Å²) < 4.78 is 5.73. The molecular weight excluding hydrogens is 210 g/mol. The summed E-state index contributed by atoms with van der Waals surface area (Å²) in [7, 11) is 1.99. The number of rotatable bonds is 8. The maximum absolute atomic E-state index is 5.73. The van der Waals surface area contributed by atoms with Crippen molar-refractivity contribution in [3.8, 4) is 0 Å². The van der Waals surface area contributed by atoms with Gasteiger partial charge in [-0.2, -0.15) is 0 Å². The van der Waals surface area contributed by atoms with Crippen LogP contribution in [0.3, 0.4) is 0 Å². The van der Waals surface area contributed by atoms with E-state index in [1.54, 1.807) is 0 Å². The lowest BCUT2D eigenvalue weighted by Gasteiger charge is -2.10. The molecule has 0 aromatic heterocycles. The van der Waals surface area contributed by atoms with E-state index in [-0.39, 0.29) is 0 Å². The van der Waals surface area contributed by atoms with Crippen LogP contribution >= 0.6 is 0 Å². The van der Waals surface area contributed by atoms with E-state index in [4.69, 9.17) is 4.74 Å². The van der Waals surface area contributed by atoms with E-state index < -0.39 is 0 Å². The Morgan fingerprint density at radius 1 is 1.18 bits per heavy atom. The van der Waals surface area contributed by atoms with Crippen LogP contribution in [0.1, 0.15) is 31.4 Å². The largest absolute Gasteiger partial charge is 0.377 e. The standard InChI is InChI=1S/C15H25NO/c1-13(2)9-11-17-12-15-7-5-4-6-14(15)8-10-16-3/h4-7,13,16H,8-12H2,1-3H3. The molecule has 1 N–H and O–H groups in total. The minimum atomic E-state index is 0.717. The Kier molecular flexibility index (Phi) is 6.90. The lowest BCUT2D eigenvalue weighted by Crippen LogP contribution is -2.12. The van der Waals surface area contributed by atoms with Crippen molar-refractivity contribution in [3.63, 3.8) is 0 Å². The summed E-state index contributed by atoms with van der Waals surface area (Å²) in [5.74, 6) is 0.717. The predicted molar refractivity (Wildman–Crippen MR) is 73.2 cm³/mol. The molecule has 0 unspecified atom stereocenters. The van der Waals surface area contributed by atoms with Gasteiger partial charge < -0.3 is 10.1 Å². The summed E-state index contributed by atoms with van der Waals surface area (Å²) in [6.45, 7) is 7.07. The van der Waals surface area contributed by atoms with E-state index >= 15 is 0 Å². The number of ether oxygens (including phenoxy) is 1. The minimum Gasteiger partial charge on any atom is -0.377 e. The van der Waals surface area contributed by atoms with Crippen LogP contribution in [-0.2, 0) is 17.8 Å². The topological polar surface area (TPSA) is 21.3 Å². The third-order valence-corrected chi connectivity index (χ3v) is 2.86. The third kappa shape index (κ3) is 5.85. The molecule has 2 heteroatoms. The van der Waals surface area contributed by atoms with Gasteiger partial charge in [0.15, 0.2) is 0 Å². The molecule has 0 heterocycles. The lowest BCUT2D eigenvalue weighted by molar-refractivity contribution is 0.110. The van der Waals surface area contributed by atoms with Crippen LogP contribution in [0.2, 0.25) is 0 Å². The Labute approximate surface area is 105 Å². The third-order valence-electron chi connectivity index (χ3n) is 2.86. The maximum Gasteiger partial charge on any atom is 0.0719 e. The van der Waals surface area contributed by atoms with Gasteiger partial charge in [0.1, 0.15) is 0 Å². The number of nitrogens with one attached hydrogen (secondary N) is 1. The molecule has 0 bridgehead atoms. The quantitative estimate of drug-likeness (QED) is 0.699. The van der Waals surface area contributed by atoms with Gasteiger partial charge in [-0.15, -0.1) is 0 Å².